The van der Waals surface area contributed by atoms with Crippen molar-refractivity contribution in [1.29, 1.82) is 0 Å². The number of nitrogens with one attached hydrogen (secondary N) is 2. The SMILES string of the molecule is c1ccc(Nc2cccc(-c3ccc4ccccc4c3)c2Nc2ccccc2)cc1. The van der Waals surface area contributed by atoms with Gasteiger partial charge in [0, 0.05) is 16.9 Å². The Kier molecular flexibility index (Phi) is 4.89. The van der Waals surface area contributed by atoms with Gasteiger partial charge in [0.1, 0.15) is 0 Å². The molecule has 0 fully saturated rings. The highest BCUT2D eigenvalue weighted by atomic mass is 15.0. The van der Waals surface area contributed by atoms with Gasteiger partial charge in [0.15, 0.2) is 0 Å². The Morgan fingerprint density at radius 3 is 1.80 bits per heavy atom. The lowest BCUT2D eigenvalue weighted by atomic mass is 9.98. The van der Waals surface area contributed by atoms with Crippen LogP contribution < -0.4 is 10.6 Å². The van der Waals surface area contributed by atoms with Gasteiger partial charge in [-0.25, -0.2) is 0 Å². The summed E-state index contributed by atoms with van der Waals surface area (Å²) in [5, 5.41) is 9.71. The first-order valence-electron chi connectivity index (χ1n) is 10.1. The van der Waals surface area contributed by atoms with E-state index in [1.54, 1.807) is 0 Å². The molecule has 0 spiro atoms. The number of rotatable bonds is 5. The number of hydrogen-bond acceptors (Lipinski definition) is 2. The Morgan fingerprint density at radius 2 is 1.07 bits per heavy atom. The van der Waals surface area contributed by atoms with E-state index >= 15 is 0 Å². The van der Waals surface area contributed by atoms with Crippen molar-refractivity contribution in [2.75, 3.05) is 10.6 Å². The summed E-state index contributed by atoms with van der Waals surface area (Å²) in [5.74, 6) is 0. The normalized spacial score (nSPS) is 10.7. The molecule has 0 bridgehead atoms. The van der Waals surface area contributed by atoms with Gasteiger partial charge in [-0.2, -0.15) is 0 Å². The largest absolute Gasteiger partial charge is 0.354 e. The predicted molar refractivity (Wildman–Crippen MR) is 129 cm³/mol. The first kappa shape index (κ1) is 18.0. The molecule has 0 saturated carbocycles. The van der Waals surface area contributed by atoms with E-state index in [9.17, 15) is 0 Å². The zero-order valence-electron chi connectivity index (χ0n) is 16.5. The maximum atomic E-state index is 3.65. The molecule has 0 saturated heterocycles. The molecular formula is C28H22N2. The van der Waals surface area contributed by atoms with Crippen LogP contribution in [0.3, 0.4) is 0 Å². The van der Waals surface area contributed by atoms with E-state index in [0.29, 0.717) is 0 Å². The van der Waals surface area contributed by atoms with E-state index in [1.165, 1.54) is 16.3 Å². The summed E-state index contributed by atoms with van der Waals surface area (Å²) >= 11 is 0. The zero-order chi connectivity index (χ0) is 20.2. The van der Waals surface area contributed by atoms with Crippen LogP contribution in [0.1, 0.15) is 0 Å². The summed E-state index contributed by atoms with van der Waals surface area (Å²) < 4.78 is 0. The molecule has 5 rings (SSSR count). The zero-order valence-corrected chi connectivity index (χ0v) is 16.5. The fourth-order valence-corrected chi connectivity index (χ4v) is 3.73. The van der Waals surface area contributed by atoms with Gasteiger partial charge in [-0.05, 0) is 52.7 Å². The summed E-state index contributed by atoms with van der Waals surface area (Å²) in [6.07, 6.45) is 0. The van der Waals surface area contributed by atoms with E-state index < -0.39 is 0 Å². The third kappa shape index (κ3) is 3.76. The summed E-state index contributed by atoms with van der Waals surface area (Å²) in [5.41, 5.74) is 6.55. The van der Waals surface area contributed by atoms with Crippen LogP contribution in [-0.4, -0.2) is 0 Å². The molecule has 0 aliphatic carbocycles. The molecule has 2 N–H and O–H groups in total. The lowest BCUT2D eigenvalue weighted by Crippen LogP contribution is -2.00. The van der Waals surface area contributed by atoms with Crippen molar-refractivity contribution in [3.05, 3.63) is 121 Å². The lowest BCUT2D eigenvalue weighted by molar-refractivity contribution is 1.49. The molecule has 0 radical (unpaired) electrons. The number of para-hydroxylation sites is 3. The standard InChI is InChI=1S/C28H22N2/c1-3-12-24(13-4-1)29-27-17-9-16-26(28(27)30-25-14-5-2-6-15-25)23-19-18-21-10-7-8-11-22(21)20-23/h1-20,29-30H. The van der Waals surface area contributed by atoms with Crippen LogP contribution in [0.4, 0.5) is 22.7 Å². The fraction of sp³-hybridized carbons (Fsp3) is 0. The minimum absolute atomic E-state index is 1.04. The molecule has 30 heavy (non-hydrogen) atoms. The van der Waals surface area contributed by atoms with Gasteiger partial charge in [-0.1, -0.05) is 84.9 Å². The second-order valence-electron chi connectivity index (χ2n) is 7.27. The average molecular weight is 386 g/mol. The quantitative estimate of drug-likeness (QED) is 0.320. The van der Waals surface area contributed by atoms with Crippen molar-refractivity contribution in [2.24, 2.45) is 0 Å². The molecule has 0 unspecified atom stereocenters. The van der Waals surface area contributed by atoms with Gasteiger partial charge in [-0.3, -0.25) is 0 Å². The second-order valence-corrected chi connectivity index (χ2v) is 7.27. The van der Waals surface area contributed by atoms with Gasteiger partial charge in [0.2, 0.25) is 0 Å². The Bertz CT molecular complexity index is 1280. The summed E-state index contributed by atoms with van der Waals surface area (Å²) in [6.45, 7) is 0. The first-order chi connectivity index (χ1) is 14.9. The van der Waals surface area contributed by atoms with Crippen molar-refractivity contribution >= 4 is 33.5 Å². The molecule has 0 aliphatic rings. The smallest absolute Gasteiger partial charge is 0.0703 e. The average Bonchev–Trinajstić information content (AvgIpc) is 2.81. The van der Waals surface area contributed by atoms with Crippen molar-refractivity contribution in [3.8, 4) is 11.1 Å². The van der Waals surface area contributed by atoms with Gasteiger partial charge < -0.3 is 10.6 Å². The minimum atomic E-state index is 1.04. The van der Waals surface area contributed by atoms with E-state index in [4.69, 9.17) is 0 Å². The molecular weight excluding hydrogens is 364 g/mol. The Hall–Kier alpha value is -4.04. The van der Waals surface area contributed by atoms with E-state index in [2.05, 4.69) is 95.6 Å². The van der Waals surface area contributed by atoms with Crippen LogP contribution in [0, 0.1) is 0 Å². The summed E-state index contributed by atoms with van der Waals surface area (Å²) in [6, 6.07) is 42.1. The summed E-state index contributed by atoms with van der Waals surface area (Å²) in [4.78, 5) is 0. The molecule has 0 atom stereocenters. The maximum absolute atomic E-state index is 3.65. The molecule has 2 nitrogen and oxygen atoms in total. The monoisotopic (exact) mass is 386 g/mol. The van der Waals surface area contributed by atoms with Crippen LogP contribution in [0.5, 0.6) is 0 Å². The summed E-state index contributed by atoms with van der Waals surface area (Å²) in [7, 11) is 0. The van der Waals surface area contributed by atoms with Crippen LogP contribution in [0.2, 0.25) is 0 Å². The molecule has 0 aliphatic heterocycles. The van der Waals surface area contributed by atoms with E-state index in [0.717, 1.165) is 28.3 Å². The number of fused-ring (bicyclic) bond motifs is 1. The molecule has 0 amide bonds. The van der Waals surface area contributed by atoms with Crippen LogP contribution in [0.25, 0.3) is 21.9 Å². The molecule has 0 aromatic heterocycles. The number of hydrogen-bond donors (Lipinski definition) is 2. The fourth-order valence-electron chi connectivity index (χ4n) is 3.73. The van der Waals surface area contributed by atoms with Gasteiger partial charge in [-0.15, -0.1) is 0 Å². The van der Waals surface area contributed by atoms with Gasteiger partial charge in [0.25, 0.3) is 0 Å². The Balaban J connectivity index is 1.64. The Morgan fingerprint density at radius 1 is 0.433 bits per heavy atom. The molecule has 0 heterocycles. The second kappa shape index (κ2) is 8.14. The first-order valence-corrected chi connectivity index (χ1v) is 10.1. The molecule has 5 aromatic rings. The molecule has 144 valence electrons. The van der Waals surface area contributed by atoms with Gasteiger partial charge in [0.05, 0.1) is 11.4 Å². The van der Waals surface area contributed by atoms with Gasteiger partial charge >= 0.3 is 0 Å². The highest BCUT2D eigenvalue weighted by molar-refractivity contribution is 5.95. The maximum Gasteiger partial charge on any atom is 0.0703 e. The molecule has 2 heteroatoms. The van der Waals surface area contributed by atoms with Crippen LogP contribution in [0.15, 0.2) is 121 Å². The number of anilines is 4. The van der Waals surface area contributed by atoms with E-state index in [-0.39, 0.29) is 0 Å². The Labute approximate surface area is 176 Å². The van der Waals surface area contributed by atoms with Crippen LogP contribution in [-0.2, 0) is 0 Å². The van der Waals surface area contributed by atoms with Crippen molar-refractivity contribution in [1.82, 2.24) is 0 Å². The number of benzene rings is 5. The van der Waals surface area contributed by atoms with Crippen molar-refractivity contribution < 1.29 is 0 Å². The molecule has 5 aromatic carbocycles. The highest BCUT2D eigenvalue weighted by Crippen LogP contribution is 2.38. The minimum Gasteiger partial charge on any atom is -0.354 e. The third-order valence-corrected chi connectivity index (χ3v) is 5.22. The van der Waals surface area contributed by atoms with Crippen molar-refractivity contribution in [2.45, 2.75) is 0 Å². The van der Waals surface area contributed by atoms with Crippen molar-refractivity contribution in [3.63, 3.8) is 0 Å². The third-order valence-electron chi connectivity index (χ3n) is 5.22. The lowest BCUT2D eigenvalue weighted by Gasteiger charge is -2.19. The van der Waals surface area contributed by atoms with E-state index in [1.807, 2.05) is 36.4 Å². The topological polar surface area (TPSA) is 24.1 Å². The predicted octanol–water partition coefficient (Wildman–Crippen LogP) is 7.99. The van der Waals surface area contributed by atoms with Crippen LogP contribution >= 0.6 is 0 Å². The highest BCUT2D eigenvalue weighted by Gasteiger charge is 2.12.